The van der Waals surface area contributed by atoms with Crippen molar-refractivity contribution in [2.24, 2.45) is 0 Å². The van der Waals surface area contributed by atoms with Crippen molar-refractivity contribution < 1.29 is 21.6 Å². The Labute approximate surface area is 186 Å². The molecule has 2 N–H and O–H groups in total. The van der Waals surface area contributed by atoms with Crippen LogP contribution in [0.5, 0.6) is 5.75 Å². The normalized spacial score (nSPS) is 11.8. The third-order valence-corrected chi connectivity index (χ3v) is 7.63. The van der Waals surface area contributed by atoms with E-state index in [9.17, 15) is 16.8 Å². The Morgan fingerprint density at radius 2 is 1.19 bits per heavy atom. The maximum Gasteiger partial charge on any atom is 0.262 e. The van der Waals surface area contributed by atoms with Crippen LogP contribution in [0.3, 0.4) is 0 Å². The van der Waals surface area contributed by atoms with Crippen LogP contribution < -0.4 is 14.2 Å². The molecule has 4 aromatic rings. The minimum atomic E-state index is -3.84. The minimum Gasteiger partial charge on any atom is -0.497 e. The van der Waals surface area contributed by atoms with Gasteiger partial charge in [0.15, 0.2) is 0 Å². The molecule has 32 heavy (non-hydrogen) atoms. The fourth-order valence-corrected chi connectivity index (χ4v) is 5.56. The second-order valence-corrected chi connectivity index (χ2v) is 10.3. The number of benzene rings is 4. The molecule has 9 heteroatoms. The second kappa shape index (κ2) is 8.52. The summed E-state index contributed by atoms with van der Waals surface area (Å²) < 4.78 is 61.0. The first-order valence-corrected chi connectivity index (χ1v) is 12.5. The highest BCUT2D eigenvalue weighted by Gasteiger charge is 2.18. The van der Waals surface area contributed by atoms with Crippen molar-refractivity contribution in [3.8, 4) is 5.75 Å². The SMILES string of the molecule is COc1ccc(S(=O)(=O)Nc2ccc(NS(=O)(=O)c3cccc4ccccc34)cc2)cc1. The highest BCUT2D eigenvalue weighted by Crippen LogP contribution is 2.26. The van der Waals surface area contributed by atoms with Crippen LogP contribution in [-0.4, -0.2) is 23.9 Å². The molecule has 0 radical (unpaired) electrons. The average Bonchev–Trinajstić information content (AvgIpc) is 2.79. The highest BCUT2D eigenvalue weighted by atomic mass is 32.2. The number of sulfonamides is 2. The molecule has 4 aromatic carbocycles. The summed E-state index contributed by atoms with van der Waals surface area (Å²) in [6.45, 7) is 0. The lowest BCUT2D eigenvalue weighted by Gasteiger charge is -2.12. The fraction of sp³-hybridized carbons (Fsp3) is 0.0435. The summed E-state index contributed by atoms with van der Waals surface area (Å²) in [5.74, 6) is 0.548. The van der Waals surface area contributed by atoms with Gasteiger partial charge in [-0.3, -0.25) is 9.44 Å². The van der Waals surface area contributed by atoms with Crippen molar-refractivity contribution in [3.63, 3.8) is 0 Å². The van der Waals surface area contributed by atoms with Crippen LogP contribution in [0.15, 0.2) is 101 Å². The number of ether oxygens (including phenoxy) is 1. The standard InChI is InChI=1S/C23H20N2O5S2/c1-30-20-13-15-21(16-14-20)31(26,27)24-18-9-11-19(12-10-18)25-32(28,29)23-8-4-6-17-5-2-3-7-22(17)23/h2-16,24-25H,1H3. The molecule has 0 bridgehead atoms. The lowest BCUT2D eigenvalue weighted by Crippen LogP contribution is -2.14. The molecule has 0 fully saturated rings. The van der Waals surface area contributed by atoms with Gasteiger partial charge in [0.2, 0.25) is 0 Å². The Balaban J connectivity index is 1.53. The van der Waals surface area contributed by atoms with E-state index in [1.54, 1.807) is 36.4 Å². The predicted octanol–water partition coefficient (Wildman–Crippen LogP) is 4.45. The summed E-state index contributed by atoms with van der Waals surface area (Å²) in [6.07, 6.45) is 0. The van der Waals surface area contributed by atoms with Crippen molar-refractivity contribution in [2.45, 2.75) is 9.79 Å². The lowest BCUT2D eigenvalue weighted by molar-refractivity contribution is 0.414. The monoisotopic (exact) mass is 468 g/mol. The largest absolute Gasteiger partial charge is 0.497 e. The predicted molar refractivity (Wildman–Crippen MR) is 125 cm³/mol. The van der Waals surface area contributed by atoms with E-state index in [2.05, 4.69) is 9.44 Å². The van der Waals surface area contributed by atoms with Crippen molar-refractivity contribution in [1.82, 2.24) is 0 Å². The first-order chi connectivity index (χ1) is 15.3. The van der Waals surface area contributed by atoms with E-state index in [0.717, 1.165) is 5.39 Å². The number of hydrogen-bond donors (Lipinski definition) is 2. The Hall–Kier alpha value is -3.56. The molecule has 4 rings (SSSR count). The molecule has 0 atom stereocenters. The molecule has 0 unspecified atom stereocenters. The van der Waals surface area contributed by atoms with E-state index in [4.69, 9.17) is 4.74 Å². The molecule has 0 aliphatic carbocycles. The van der Waals surface area contributed by atoms with E-state index >= 15 is 0 Å². The Kier molecular flexibility index (Phi) is 5.77. The number of rotatable bonds is 7. The maximum atomic E-state index is 12.9. The average molecular weight is 469 g/mol. The van der Waals surface area contributed by atoms with Gasteiger partial charge < -0.3 is 4.74 Å². The molecule has 0 saturated heterocycles. The van der Waals surface area contributed by atoms with Crippen molar-refractivity contribution in [1.29, 1.82) is 0 Å². The molecule has 0 aliphatic rings. The van der Waals surface area contributed by atoms with Gasteiger partial charge in [0.1, 0.15) is 5.75 Å². The molecule has 164 valence electrons. The molecule has 0 aromatic heterocycles. The van der Waals surface area contributed by atoms with Crippen LogP contribution in [0, 0.1) is 0 Å². The van der Waals surface area contributed by atoms with E-state index in [1.165, 1.54) is 43.5 Å². The molecule has 0 spiro atoms. The van der Waals surface area contributed by atoms with Gasteiger partial charge in [-0.05, 0) is 60.0 Å². The molecular formula is C23H20N2O5S2. The molecule has 0 saturated carbocycles. The molecule has 0 heterocycles. The van der Waals surface area contributed by atoms with Gasteiger partial charge in [-0.2, -0.15) is 0 Å². The number of anilines is 2. The third kappa shape index (κ3) is 4.53. The first-order valence-electron chi connectivity index (χ1n) is 9.56. The third-order valence-electron chi connectivity index (χ3n) is 4.80. The van der Waals surface area contributed by atoms with Gasteiger partial charge in [-0.1, -0.05) is 36.4 Å². The van der Waals surface area contributed by atoms with Crippen molar-refractivity contribution in [2.75, 3.05) is 16.6 Å². The summed E-state index contributed by atoms with van der Waals surface area (Å²) in [5.41, 5.74) is 0.610. The van der Waals surface area contributed by atoms with E-state index < -0.39 is 20.0 Å². The molecule has 7 nitrogen and oxygen atoms in total. The van der Waals surface area contributed by atoms with Crippen LogP contribution in [0.4, 0.5) is 11.4 Å². The number of nitrogens with one attached hydrogen (secondary N) is 2. The van der Waals surface area contributed by atoms with Crippen LogP contribution >= 0.6 is 0 Å². The Morgan fingerprint density at radius 3 is 1.81 bits per heavy atom. The van der Waals surface area contributed by atoms with Crippen molar-refractivity contribution >= 4 is 42.2 Å². The topological polar surface area (TPSA) is 102 Å². The van der Waals surface area contributed by atoms with Crippen molar-refractivity contribution in [3.05, 3.63) is 91.0 Å². The lowest BCUT2D eigenvalue weighted by atomic mass is 10.1. The van der Waals surface area contributed by atoms with Gasteiger partial charge in [-0.15, -0.1) is 0 Å². The molecule has 0 aliphatic heterocycles. The zero-order valence-electron chi connectivity index (χ0n) is 17.0. The first kappa shape index (κ1) is 21.7. The van der Waals surface area contributed by atoms with E-state index in [-0.39, 0.29) is 9.79 Å². The minimum absolute atomic E-state index is 0.0824. The summed E-state index contributed by atoms with van der Waals surface area (Å²) >= 11 is 0. The van der Waals surface area contributed by atoms with Crippen LogP contribution in [0.2, 0.25) is 0 Å². The van der Waals surface area contributed by atoms with E-state index in [0.29, 0.717) is 22.5 Å². The number of fused-ring (bicyclic) bond motifs is 1. The second-order valence-electron chi connectivity index (χ2n) is 6.94. The zero-order valence-corrected chi connectivity index (χ0v) is 18.7. The zero-order chi connectivity index (χ0) is 22.8. The van der Waals surface area contributed by atoms with Crippen LogP contribution in [0.1, 0.15) is 0 Å². The van der Waals surface area contributed by atoms with Gasteiger partial charge in [0, 0.05) is 16.8 Å². The Morgan fingerprint density at radius 1 is 0.625 bits per heavy atom. The number of hydrogen-bond acceptors (Lipinski definition) is 5. The summed E-state index contributed by atoms with van der Waals surface area (Å²) in [5, 5.41) is 1.44. The van der Waals surface area contributed by atoms with Crippen LogP contribution in [0.25, 0.3) is 10.8 Å². The van der Waals surface area contributed by atoms with Gasteiger partial charge in [0.25, 0.3) is 20.0 Å². The number of methoxy groups -OCH3 is 1. The van der Waals surface area contributed by atoms with Gasteiger partial charge in [-0.25, -0.2) is 16.8 Å². The highest BCUT2D eigenvalue weighted by molar-refractivity contribution is 7.93. The molecule has 0 amide bonds. The molecular weight excluding hydrogens is 448 g/mol. The smallest absolute Gasteiger partial charge is 0.262 e. The summed E-state index contributed by atoms with van der Waals surface area (Å²) in [4.78, 5) is 0.249. The quantitative estimate of drug-likeness (QED) is 0.417. The van der Waals surface area contributed by atoms with E-state index in [1.807, 2.05) is 18.2 Å². The van der Waals surface area contributed by atoms with Crippen LogP contribution in [-0.2, 0) is 20.0 Å². The van der Waals surface area contributed by atoms with Gasteiger partial charge >= 0.3 is 0 Å². The summed E-state index contributed by atoms with van der Waals surface area (Å²) in [7, 11) is -6.14. The maximum absolute atomic E-state index is 12.9. The fourth-order valence-electron chi connectivity index (χ4n) is 3.22. The van der Waals surface area contributed by atoms with Gasteiger partial charge in [0.05, 0.1) is 16.9 Å². The Bertz CT molecular complexity index is 1460. The summed E-state index contributed by atoms with van der Waals surface area (Å²) in [6, 6.07) is 24.3.